The molecular weight excluding hydrogens is 192 g/mol. The fraction of sp³-hybridized carbons (Fsp3) is 0.818. The quantitative estimate of drug-likeness (QED) is 0.649. The second-order valence-electron chi connectivity index (χ2n) is 5.01. The lowest BCUT2D eigenvalue weighted by atomic mass is 9.70. The van der Waals surface area contributed by atoms with Gasteiger partial charge in [0, 0.05) is 18.4 Å². The minimum atomic E-state index is 0.0920. The van der Waals surface area contributed by atoms with Crippen LogP contribution in [-0.2, 0) is 9.59 Å². The highest BCUT2D eigenvalue weighted by Gasteiger charge is 2.49. The minimum absolute atomic E-state index is 0.0920. The molecule has 4 aliphatic rings. The molecule has 0 aromatic carbocycles. The summed E-state index contributed by atoms with van der Waals surface area (Å²) >= 11 is 0. The van der Waals surface area contributed by atoms with Crippen molar-refractivity contribution in [3.8, 4) is 0 Å². The van der Waals surface area contributed by atoms with Crippen LogP contribution in [-0.4, -0.2) is 36.3 Å². The van der Waals surface area contributed by atoms with Gasteiger partial charge in [0.15, 0.2) is 0 Å². The van der Waals surface area contributed by atoms with E-state index in [1.54, 1.807) is 0 Å². The van der Waals surface area contributed by atoms with E-state index in [9.17, 15) is 9.59 Å². The molecule has 82 valence electrons. The summed E-state index contributed by atoms with van der Waals surface area (Å²) in [6.07, 6.45) is 2.72. The van der Waals surface area contributed by atoms with Crippen LogP contribution in [0.25, 0.3) is 0 Å². The lowest BCUT2D eigenvalue weighted by Gasteiger charge is -2.44. The first-order valence-electron chi connectivity index (χ1n) is 5.81. The first-order chi connectivity index (χ1) is 7.25. The molecule has 1 atom stereocenters. The average molecular weight is 208 g/mol. The van der Waals surface area contributed by atoms with Crippen LogP contribution in [0, 0.1) is 17.8 Å². The number of imide groups is 1. The highest BCUT2D eigenvalue weighted by atomic mass is 16.2. The van der Waals surface area contributed by atoms with Crippen molar-refractivity contribution in [1.82, 2.24) is 10.2 Å². The van der Waals surface area contributed by atoms with Crippen molar-refractivity contribution in [1.29, 1.82) is 0 Å². The van der Waals surface area contributed by atoms with Crippen molar-refractivity contribution in [2.45, 2.75) is 19.3 Å². The van der Waals surface area contributed by atoms with Gasteiger partial charge in [0.05, 0.1) is 0 Å². The predicted molar refractivity (Wildman–Crippen MR) is 53.9 cm³/mol. The predicted octanol–water partition coefficient (Wildman–Crippen LogP) is -0.00910. The maximum atomic E-state index is 11.8. The third-order valence-electron chi connectivity index (χ3n) is 3.97. The number of hydrogen-bond acceptors (Lipinski definition) is 3. The maximum absolute atomic E-state index is 11.8. The van der Waals surface area contributed by atoms with Gasteiger partial charge in [-0.25, -0.2) is 0 Å². The first kappa shape index (κ1) is 9.33. The highest BCUT2D eigenvalue weighted by molar-refractivity contribution is 6.02. The van der Waals surface area contributed by atoms with Gasteiger partial charge in [-0.05, 0) is 38.3 Å². The van der Waals surface area contributed by atoms with Gasteiger partial charge in [0.2, 0.25) is 11.8 Å². The number of amides is 2. The maximum Gasteiger partial charge on any atom is 0.232 e. The molecule has 2 amide bonds. The van der Waals surface area contributed by atoms with Gasteiger partial charge in [-0.1, -0.05) is 0 Å². The third-order valence-corrected chi connectivity index (χ3v) is 3.97. The summed E-state index contributed by atoms with van der Waals surface area (Å²) in [7, 11) is 0. The van der Waals surface area contributed by atoms with Gasteiger partial charge in [-0.15, -0.1) is 0 Å². The van der Waals surface area contributed by atoms with E-state index in [4.69, 9.17) is 0 Å². The number of carbonyl (C=O) groups is 2. The van der Waals surface area contributed by atoms with E-state index in [1.165, 1.54) is 4.90 Å². The zero-order valence-corrected chi connectivity index (χ0v) is 8.74. The van der Waals surface area contributed by atoms with Crippen LogP contribution in [0.1, 0.15) is 19.3 Å². The molecular formula is C11H16N2O2. The standard InChI is InChI=1S/C11H16N2O2/c14-10-8-3-9(4-8)11(15)13(10)6-7-1-2-12-5-7/h7-9,12H,1-6H2. The number of piperidine rings is 2. The van der Waals surface area contributed by atoms with E-state index in [0.717, 1.165) is 32.4 Å². The van der Waals surface area contributed by atoms with Crippen LogP contribution in [0.2, 0.25) is 0 Å². The molecule has 3 aliphatic heterocycles. The van der Waals surface area contributed by atoms with Crippen LogP contribution < -0.4 is 5.32 Å². The molecule has 0 aromatic heterocycles. The molecule has 4 rings (SSSR count). The zero-order valence-electron chi connectivity index (χ0n) is 8.74. The number of rotatable bonds is 2. The Balaban J connectivity index is 1.69. The zero-order chi connectivity index (χ0) is 10.4. The molecule has 15 heavy (non-hydrogen) atoms. The first-order valence-corrected chi connectivity index (χ1v) is 5.81. The molecule has 3 saturated heterocycles. The van der Waals surface area contributed by atoms with Crippen LogP contribution in [0.4, 0.5) is 0 Å². The van der Waals surface area contributed by atoms with Crippen LogP contribution >= 0.6 is 0 Å². The van der Waals surface area contributed by atoms with E-state index >= 15 is 0 Å². The Bertz CT molecular complexity index is 284. The SMILES string of the molecule is O=C1C2CC(C2)C(=O)N1CC1CCNC1. The van der Waals surface area contributed by atoms with Crippen molar-refractivity contribution >= 4 is 11.8 Å². The molecule has 2 bridgehead atoms. The van der Waals surface area contributed by atoms with Crippen LogP contribution in [0.15, 0.2) is 0 Å². The van der Waals surface area contributed by atoms with E-state index in [2.05, 4.69) is 5.32 Å². The fourth-order valence-electron chi connectivity index (χ4n) is 2.88. The molecule has 4 nitrogen and oxygen atoms in total. The fourth-order valence-corrected chi connectivity index (χ4v) is 2.88. The van der Waals surface area contributed by atoms with E-state index in [0.29, 0.717) is 12.5 Å². The minimum Gasteiger partial charge on any atom is -0.316 e. The molecule has 3 heterocycles. The number of nitrogens with one attached hydrogen (secondary N) is 1. The molecule has 1 aliphatic carbocycles. The summed E-state index contributed by atoms with van der Waals surface area (Å²) in [5.74, 6) is 1.00. The number of carbonyl (C=O) groups excluding carboxylic acids is 2. The van der Waals surface area contributed by atoms with Gasteiger partial charge < -0.3 is 5.32 Å². The third kappa shape index (κ3) is 1.39. The summed E-state index contributed by atoms with van der Waals surface area (Å²) < 4.78 is 0. The largest absolute Gasteiger partial charge is 0.316 e. The van der Waals surface area contributed by atoms with Crippen LogP contribution in [0.5, 0.6) is 0 Å². The Kier molecular flexibility index (Phi) is 2.06. The van der Waals surface area contributed by atoms with Gasteiger partial charge >= 0.3 is 0 Å². The number of hydrogen-bond donors (Lipinski definition) is 1. The Morgan fingerprint density at radius 3 is 2.40 bits per heavy atom. The lowest BCUT2D eigenvalue weighted by molar-refractivity contribution is -0.165. The van der Waals surface area contributed by atoms with Gasteiger partial charge in [0.25, 0.3) is 0 Å². The van der Waals surface area contributed by atoms with Crippen molar-refractivity contribution in [2.75, 3.05) is 19.6 Å². The van der Waals surface area contributed by atoms with Crippen molar-refractivity contribution in [3.05, 3.63) is 0 Å². The molecule has 4 fully saturated rings. The summed E-state index contributed by atoms with van der Waals surface area (Å²) in [5.41, 5.74) is 0. The highest BCUT2D eigenvalue weighted by Crippen LogP contribution is 2.41. The topological polar surface area (TPSA) is 49.4 Å². The van der Waals surface area contributed by atoms with Crippen LogP contribution in [0.3, 0.4) is 0 Å². The second kappa shape index (κ2) is 3.30. The molecule has 0 radical (unpaired) electrons. The average Bonchev–Trinajstić information content (AvgIpc) is 2.61. The molecule has 0 aromatic rings. The smallest absolute Gasteiger partial charge is 0.232 e. The summed E-state index contributed by atoms with van der Waals surface area (Å²) in [4.78, 5) is 25.2. The summed E-state index contributed by atoms with van der Waals surface area (Å²) in [5, 5.41) is 3.26. The number of fused-ring (bicyclic) bond motifs is 2. The Hall–Kier alpha value is -0.900. The molecule has 1 saturated carbocycles. The van der Waals surface area contributed by atoms with E-state index < -0.39 is 0 Å². The Morgan fingerprint density at radius 1 is 1.20 bits per heavy atom. The van der Waals surface area contributed by atoms with Gasteiger partial charge in [-0.2, -0.15) is 0 Å². The molecule has 0 spiro atoms. The van der Waals surface area contributed by atoms with Gasteiger partial charge in [-0.3, -0.25) is 14.5 Å². The molecule has 1 N–H and O–H groups in total. The second-order valence-corrected chi connectivity index (χ2v) is 5.01. The normalized spacial score (nSPS) is 39.5. The lowest BCUT2D eigenvalue weighted by Crippen LogP contribution is -2.57. The summed E-state index contributed by atoms with van der Waals surface area (Å²) in [6.45, 7) is 2.62. The summed E-state index contributed by atoms with van der Waals surface area (Å²) in [6, 6.07) is 0. The molecule has 4 heteroatoms. The Morgan fingerprint density at radius 2 is 1.87 bits per heavy atom. The number of nitrogens with zero attached hydrogens (tertiary/aromatic N) is 1. The Labute approximate surface area is 89.0 Å². The van der Waals surface area contributed by atoms with E-state index in [1.807, 2.05) is 0 Å². The monoisotopic (exact) mass is 208 g/mol. The molecule has 1 unspecified atom stereocenters. The van der Waals surface area contributed by atoms with Gasteiger partial charge in [0.1, 0.15) is 0 Å². The van der Waals surface area contributed by atoms with Crippen molar-refractivity contribution < 1.29 is 9.59 Å². The van der Waals surface area contributed by atoms with E-state index in [-0.39, 0.29) is 23.7 Å². The van der Waals surface area contributed by atoms with Crippen molar-refractivity contribution in [3.63, 3.8) is 0 Å². The van der Waals surface area contributed by atoms with Crippen molar-refractivity contribution in [2.24, 2.45) is 17.8 Å².